The fraction of sp³-hybridized carbons (Fsp3) is 0.500. The van der Waals surface area contributed by atoms with E-state index >= 15 is 0 Å². The molecule has 3 aromatic rings. The van der Waals surface area contributed by atoms with Gasteiger partial charge in [-0.05, 0) is 105 Å². The van der Waals surface area contributed by atoms with E-state index in [2.05, 4.69) is 103 Å². The first-order valence-corrected chi connectivity index (χ1v) is 20.8. The Morgan fingerprint density at radius 2 is 1.47 bits per heavy atom. The molecule has 1 saturated heterocycles. The van der Waals surface area contributed by atoms with Crippen LogP contribution in [0.2, 0.25) is 0 Å². The Kier molecular flexibility index (Phi) is 19.9. The third-order valence-electron chi connectivity index (χ3n) is 10.9. The average molecular weight is 800 g/mol. The van der Waals surface area contributed by atoms with Crippen LogP contribution in [-0.4, -0.2) is 133 Å². The van der Waals surface area contributed by atoms with Gasteiger partial charge < -0.3 is 30.7 Å². The van der Waals surface area contributed by atoms with Gasteiger partial charge in [0.25, 0.3) is 0 Å². The number of benzene rings is 3. The molecule has 3 aromatic carbocycles. The normalized spacial score (nSPS) is 14.7. The van der Waals surface area contributed by atoms with Crippen molar-refractivity contribution in [3.05, 3.63) is 88.5 Å². The van der Waals surface area contributed by atoms with Crippen LogP contribution in [0.1, 0.15) is 73.3 Å². The number of ether oxygens (including phenoxy) is 1. The summed E-state index contributed by atoms with van der Waals surface area (Å²) in [6.45, 7) is 12.1. The van der Waals surface area contributed by atoms with Gasteiger partial charge >= 0.3 is 17.9 Å². The maximum Gasteiger partial charge on any atom is 0.317 e. The van der Waals surface area contributed by atoms with Crippen molar-refractivity contribution in [2.24, 2.45) is 0 Å². The van der Waals surface area contributed by atoms with Gasteiger partial charge in [0.1, 0.15) is 5.75 Å². The lowest BCUT2D eigenvalue weighted by molar-refractivity contribution is -0.140. The summed E-state index contributed by atoms with van der Waals surface area (Å²) in [7, 11) is 0. The average Bonchev–Trinajstić information content (AvgIpc) is 3.19. The number of aryl methyl sites for hydroxylation is 1. The molecule has 5 N–H and O–H groups in total. The van der Waals surface area contributed by atoms with Crippen molar-refractivity contribution in [3.8, 4) is 16.9 Å². The molecule has 1 aliphatic heterocycles. The van der Waals surface area contributed by atoms with Gasteiger partial charge in [0.05, 0.1) is 26.2 Å². The smallest absolute Gasteiger partial charge is 0.317 e. The van der Waals surface area contributed by atoms with Crippen molar-refractivity contribution in [2.45, 2.75) is 71.9 Å². The molecule has 4 rings (SSSR count). The van der Waals surface area contributed by atoms with Crippen LogP contribution in [0, 0.1) is 13.8 Å². The van der Waals surface area contributed by atoms with E-state index in [4.69, 9.17) is 9.84 Å². The van der Waals surface area contributed by atoms with Gasteiger partial charge in [0.2, 0.25) is 0 Å². The Morgan fingerprint density at radius 3 is 2.14 bits per heavy atom. The second-order valence-corrected chi connectivity index (χ2v) is 15.4. The molecule has 0 aromatic heterocycles. The van der Waals surface area contributed by atoms with Crippen LogP contribution in [0.5, 0.6) is 5.75 Å². The van der Waals surface area contributed by atoms with Gasteiger partial charge in [0, 0.05) is 57.4 Å². The van der Waals surface area contributed by atoms with Gasteiger partial charge in [-0.1, -0.05) is 73.2 Å². The van der Waals surface area contributed by atoms with Crippen molar-refractivity contribution in [1.82, 2.24) is 25.3 Å². The summed E-state index contributed by atoms with van der Waals surface area (Å²) in [5, 5.41) is 33.7. The first-order chi connectivity index (χ1) is 28.0. The monoisotopic (exact) mass is 799 g/mol. The van der Waals surface area contributed by atoms with E-state index in [1.165, 1.54) is 52.6 Å². The number of carbonyl (C=O) groups is 3. The molecule has 12 heteroatoms. The maximum absolute atomic E-state index is 11.5. The molecule has 58 heavy (non-hydrogen) atoms. The lowest BCUT2D eigenvalue weighted by Gasteiger charge is -2.34. The Balaban J connectivity index is 1.28. The van der Waals surface area contributed by atoms with Gasteiger partial charge in [-0.25, -0.2) is 0 Å². The number of aliphatic carboxylic acids is 3. The molecule has 0 spiro atoms. The van der Waals surface area contributed by atoms with E-state index in [0.29, 0.717) is 51.9 Å². The second kappa shape index (κ2) is 25.0. The molecule has 0 unspecified atom stereocenters. The Bertz CT molecular complexity index is 1770. The maximum atomic E-state index is 11.5. The van der Waals surface area contributed by atoms with Crippen LogP contribution in [0.15, 0.2) is 60.7 Å². The number of hydrogen-bond acceptors (Lipinski definition) is 9. The Hall–Kier alpha value is -4.59. The number of unbranched alkanes of at least 4 members (excludes halogenated alkanes) is 2. The SMILES string of the molecule is Cc1cc(CN2CCCC[C@H]2C)c(OCCCCCNCCN(CCN(CCNCC(=O)O)CC(=O)O)CC(=O)O)cc1/C=C/c1cccc(-c2ccccc2)c1C. The summed E-state index contributed by atoms with van der Waals surface area (Å²) >= 11 is 0. The molecular weight excluding hydrogens is 735 g/mol. The van der Waals surface area contributed by atoms with Crippen LogP contribution >= 0.6 is 0 Å². The third kappa shape index (κ3) is 16.3. The molecule has 0 amide bonds. The second-order valence-electron chi connectivity index (χ2n) is 15.4. The van der Waals surface area contributed by atoms with Crippen molar-refractivity contribution >= 4 is 30.1 Å². The number of carboxylic acid groups (broad SMARTS) is 3. The highest BCUT2D eigenvalue weighted by Crippen LogP contribution is 2.31. The van der Waals surface area contributed by atoms with Crippen molar-refractivity contribution in [2.75, 3.05) is 78.6 Å². The summed E-state index contributed by atoms with van der Waals surface area (Å²) in [6.07, 6.45) is 11.0. The molecule has 1 atom stereocenters. The lowest BCUT2D eigenvalue weighted by Crippen LogP contribution is -2.44. The zero-order valence-corrected chi connectivity index (χ0v) is 34.8. The van der Waals surface area contributed by atoms with Crippen molar-refractivity contribution < 1.29 is 34.4 Å². The summed E-state index contributed by atoms with van der Waals surface area (Å²) < 4.78 is 6.56. The molecule has 0 aliphatic carbocycles. The van der Waals surface area contributed by atoms with E-state index in [1.54, 1.807) is 9.80 Å². The molecule has 1 heterocycles. The largest absolute Gasteiger partial charge is 0.493 e. The number of carboxylic acids is 3. The lowest BCUT2D eigenvalue weighted by atomic mass is 9.95. The van der Waals surface area contributed by atoms with Crippen LogP contribution in [0.3, 0.4) is 0 Å². The standard InChI is InChI=1S/C46H65N5O7/c1-35-29-41(32-51-23-10-8-13-36(51)2)43(30-40(35)19-18-38-16-12-17-42(37(38)3)39-14-6-4-7-15-39)58-28-11-5-9-20-47-21-24-49(33-45(54)55)26-27-50(34-46(56)57)25-22-48-31-44(52)53/h4,6-7,12,14-19,29-30,36,47-48H,5,8-11,13,20-28,31-34H2,1-3H3,(H,52,53)(H,54,55)(H,56,57)/b19-18+/t36-/m1/s1. The summed E-state index contributed by atoms with van der Waals surface area (Å²) in [5.74, 6) is -1.97. The highest BCUT2D eigenvalue weighted by molar-refractivity contribution is 5.78. The van der Waals surface area contributed by atoms with Crippen LogP contribution in [0.4, 0.5) is 0 Å². The zero-order valence-electron chi connectivity index (χ0n) is 34.8. The van der Waals surface area contributed by atoms with Crippen LogP contribution in [0.25, 0.3) is 23.3 Å². The third-order valence-corrected chi connectivity index (χ3v) is 10.9. The highest BCUT2D eigenvalue weighted by Gasteiger charge is 2.21. The zero-order chi connectivity index (χ0) is 41.7. The minimum absolute atomic E-state index is 0.145. The summed E-state index contributed by atoms with van der Waals surface area (Å²) in [4.78, 5) is 39.7. The molecule has 0 radical (unpaired) electrons. The molecule has 1 fully saturated rings. The minimum atomic E-state index is -0.991. The van der Waals surface area contributed by atoms with Crippen LogP contribution < -0.4 is 15.4 Å². The first kappa shape index (κ1) is 46.1. The minimum Gasteiger partial charge on any atom is -0.493 e. The fourth-order valence-corrected chi connectivity index (χ4v) is 7.47. The van der Waals surface area contributed by atoms with Crippen molar-refractivity contribution in [1.29, 1.82) is 0 Å². The molecule has 1 aliphatic rings. The van der Waals surface area contributed by atoms with Crippen LogP contribution in [-0.2, 0) is 20.9 Å². The van der Waals surface area contributed by atoms with Crippen molar-refractivity contribution in [3.63, 3.8) is 0 Å². The Labute approximate surface area is 344 Å². The number of nitrogens with one attached hydrogen (secondary N) is 2. The van der Waals surface area contributed by atoms with E-state index in [1.807, 2.05) is 6.07 Å². The predicted molar refractivity (Wildman–Crippen MR) is 231 cm³/mol. The molecule has 12 nitrogen and oxygen atoms in total. The number of rotatable bonds is 27. The first-order valence-electron chi connectivity index (χ1n) is 20.8. The summed E-state index contributed by atoms with van der Waals surface area (Å²) in [6, 6.07) is 22.1. The number of piperidine rings is 1. The number of likely N-dealkylation sites (tertiary alicyclic amines) is 1. The highest BCUT2D eigenvalue weighted by atomic mass is 16.5. The number of nitrogens with zero attached hydrogens (tertiary/aromatic N) is 3. The van der Waals surface area contributed by atoms with E-state index < -0.39 is 17.9 Å². The van der Waals surface area contributed by atoms with Gasteiger partial charge in [-0.15, -0.1) is 0 Å². The fourth-order valence-electron chi connectivity index (χ4n) is 7.47. The van der Waals surface area contributed by atoms with E-state index in [9.17, 15) is 24.6 Å². The molecule has 0 bridgehead atoms. The molecule has 316 valence electrons. The number of hydrogen-bond donors (Lipinski definition) is 5. The molecular formula is C46H65N5O7. The topological polar surface area (TPSA) is 155 Å². The quantitative estimate of drug-likeness (QED) is 0.0447. The van der Waals surface area contributed by atoms with Gasteiger partial charge in [-0.3, -0.25) is 29.1 Å². The van der Waals surface area contributed by atoms with E-state index in [0.717, 1.165) is 50.2 Å². The molecule has 0 saturated carbocycles. The Morgan fingerprint density at radius 1 is 0.776 bits per heavy atom. The van der Waals surface area contributed by atoms with Gasteiger partial charge in [-0.2, -0.15) is 0 Å². The van der Waals surface area contributed by atoms with Gasteiger partial charge in [0.15, 0.2) is 0 Å². The van der Waals surface area contributed by atoms with E-state index in [-0.39, 0.29) is 19.6 Å². The predicted octanol–water partition coefficient (Wildman–Crippen LogP) is 6.10. The summed E-state index contributed by atoms with van der Waals surface area (Å²) in [5.41, 5.74) is 8.52.